The number of carboxylic acids is 1. The standard InChI is InChI=1S/C71H99N17O19/c1-35(2)25-46(72)62(98)87-58(38(6)90)70(106)85-52(27-40-13-9-8-10-14-40)66(102)80-49(22-24-57(94)95)64(100)84-54(30-43-32-75-34-77-43)68(104)82-51(28-41-17-19-44(92)20-18-41)67(103)83-53(29-42-31-76-47-16-12-11-15-45(42)47)65(101)78-37(5)61(97)79-48(21-23-56(73)93)63(99)81-50(26-36(3)4)69(105)88-59(39(7)91)71(107)86-55(33-89)60(74)96/h8-20,31-32,34-39,46,48-55,58-59,76,89-92H,21-30,33,72H2,1-7H3,(H2,73,93)(H2,74,96)(H,75,77)(H,78,101)(H,79,97)(H,80,102)(H,81,99)(H,82,104)(H,83,103)(H,84,100)(H,85,106)(H,86,107)(H,87,98)(H,88,105)(H,94,95)/t37-,38+,39+,46-,48-,49-,50-,51-,52-,53-,54-,55-,58-,59-/m0/s1. The molecular weight excluding hydrogens is 1390 g/mol. The molecule has 2 heterocycles. The highest BCUT2D eigenvalue weighted by molar-refractivity contribution is 6.00. The van der Waals surface area contributed by atoms with Crippen molar-refractivity contribution < 1.29 is 92.7 Å². The first kappa shape index (κ1) is 86.3. The Kier molecular flexibility index (Phi) is 33.8. The number of phenolic OH excluding ortho intramolecular Hbond substituents is 1. The number of nitrogens with two attached hydrogens (primary N) is 3. The summed E-state index contributed by atoms with van der Waals surface area (Å²) in [5, 5.41) is 78.9. The second-order valence-corrected chi connectivity index (χ2v) is 27.0. The highest BCUT2D eigenvalue weighted by atomic mass is 16.4. The maximum absolute atomic E-state index is 15.2. The molecule has 0 fully saturated rings. The number of nitrogens with zero attached hydrogens (tertiary/aromatic N) is 1. The first-order valence-electron chi connectivity index (χ1n) is 34.7. The van der Waals surface area contributed by atoms with Crippen molar-refractivity contribution in [3.63, 3.8) is 0 Å². The van der Waals surface area contributed by atoms with Crippen molar-refractivity contribution in [2.24, 2.45) is 29.0 Å². The molecule has 5 aromatic rings. The molecule has 0 bridgehead atoms. The fourth-order valence-corrected chi connectivity index (χ4v) is 11.2. The predicted molar refractivity (Wildman–Crippen MR) is 385 cm³/mol. The van der Waals surface area contributed by atoms with Gasteiger partial charge in [0.2, 0.25) is 76.8 Å². The van der Waals surface area contributed by atoms with E-state index in [0.717, 1.165) is 6.92 Å². The van der Waals surface area contributed by atoms with E-state index in [1.54, 1.807) is 74.6 Å². The lowest BCUT2D eigenvalue weighted by Crippen LogP contribution is -2.62. The van der Waals surface area contributed by atoms with Crippen LogP contribution in [0.2, 0.25) is 0 Å². The SMILES string of the molecule is CC(C)C[C@H](NC(=O)[C@H](CCC(N)=O)NC(=O)[C@H](C)NC(=O)[C@H](Cc1c[nH]c2ccccc12)NC(=O)[C@H](Cc1ccc(O)cc1)NC(=O)[C@H](Cc1cnc[nH]1)NC(=O)[C@H](CCC(=O)O)NC(=O)[C@H](Cc1ccccc1)NC(=O)[C@@H](NC(=O)[C@@H](N)CC(C)C)[C@@H](C)O)C(=O)N[C@H](C(=O)N[C@@H](CO)C(N)=O)[C@@H](C)O. The highest BCUT2D eigenvalue weighted by Crippen LogP contribution is 2.21. The second-order valence-electron chi connectivity index (χ2n) is 27.0. The first-order chi connectivity index (χ1) is 50.5. The number of rotatable bonds is 44. The van der Waals surface area contributed by atoms with Gasteiger partial charge >= 0.3 is 5.97 Å². The zero-order chi connectivity index (χ0) is 79.4. The van der Waals surface area contributed by atoms with Gasteiger partial charge in [-0.2, -0.15) is 0 Å². The lowest BCUT2D eigenvalue weighted by molar-refractivity contribution is -0.139. The maximum atomic E-state index is 15.2. The van der Waals surface area contributed by atoms with Gasteiger partial charge in [-0.3, -0.25) is 67.1 Å². The van der Waals surface area contributed by atoms with Gasteiger partial charge in [-0.15, -0.1) is 0 Å². The molecule has 107 heavy (non-hydrogen) atoms. The molecule has 0 unspecified atom stereocenters. The van der Waals surface area contributed by atoms with Crippen molar-refractivity contribution in [3.8, 4) is 5.75 Å². The number of primary amides is 2. The number of aromatic amines is 2. The van der Waals surface area contributed by atoms with Gasteiger partial charge in [-0.05, 0) is 93.2 Å². The predicted octanol–water partition coefficient (Wildman–Crippen LogP) is -3.99. The Morgan fingerprint density at radius 1 is 0.458 bits per heavy atom. The Bertz CT molecular complexity index is 3870. The molecule has 0 aliphatic heterocycles. The number of aliphatic hydroxyl groups excluding tert-OH is 3. The number of hydrogen-bond acceptors (Lipinski definition) is 20. The average Bonchev–Trinajstić information content (AvgIpc) is 1.74. The van der Waals surface area contributed by atoms with Gasteiger partial charge in [0.25, 0.3) is 0 Å². The van der Waals surface area contributed by atoms with Crippen LogP contribution in [0.3, 0.4) is 0 Å². The number of imidazole rings is 1. The number of carbonyl (C=O) groups excluding carboxylic acids is 13. The minimum absolute atomic E-state index is 0.0178. The number of aliphatic carboxylic acids is 1. The van der Waals surface area contributed by atoms with E-state index in [1.807, 2.05) is 13.8 Å². The fraction of sp³-hybridized carbons (Fsp3) is 0.479. The number of hydrogen-bond donors (Lipinski definition) is 21. The Hall–Kier alpha value is -11.4. The zero-order valence-electron chi connectivity index (χ0n) is 60.4. The quantitative estimate of drug-likeness (QED) is 0.0177. The van der Waals surface area contributed by atoms with Crippen LogP contribution in [0.5, 0.6) is 5.75 Å². The molecule has 0 saturated heterocycles. The highest BCUT2D eigenvalue weighted by Gasteiger charge is 2.39. The molecule has 36 heteroatoms. The van der Waals surface area contributed by atoms with E-state index < -0.39 is 206 Å². The van der Waals surface area contributed by atoms with Crippen molar-refractivity contribution >= 4 is 93.7 Å². The van der Waals surface area contributed by atoms with Crippen LogP contribution in [-0.4, -0.2) is 215 Å². The van der Waals surface area contributed by atoms with Gasteiger partial charge in [-0.25, -0.2) is 4.98 Å². The van der Waals surface area contributed by atoms with Gasteiger partial charge < -0.3 is 111 Å². The summed E-state index contributed by atoms with van der Waals surface area (Å²) in [6.07, 6.45) is -2.42. The van der Waals surface area contributed by atoms with Crippen LogP contribution in [0.15, 0.2) is 97.6 Å². The molecule has 2 aromatic heterocycles. The molecule has 24 N–H and O–H groups in total. The van der Waals surface area contributed by atoms with Crippen LogP contribution in [0.4, 0.5) is 0 Å². The van der Waals surface area contributed by atoms with E-state index in [9.17, 15) is 83.1 Å². The van der Waals surface area contributed by atoms with Crippen molar-refractivity contribution in [2.75, 3.05) is 6.61 Å². The molecule has 0 saturated carbocycles. The molecule has 582 valence electrons. The molecular formula is C71H99N17O19. The number of aromatic hydroxyl groups is 1. The molecule has 0 aliphatic carbocycles. The molecule has 5 rings (SSSR count). The molecule has 14 atom stereocenters. The average molecular weight is 1490 g/mol. The van der Waals surface area contributed by atoms with Crippen LogP contribution >= 0.6 is 0 Å². The summed E-state index contributed by atoms with van der Waals surface area (Å²) in [5.41, 5.74) is 18.9. The van der Waals surface area contributed by atoms with Crippen molar-refractivity contribution in [3.05, 3.63) is 120 Å². The fourth-order valence-electron chi connectivity index (χ4n) is 11.2. The molecule has 0 radical (unpaired) electrons. The summed E-state index contributed by atoms with van der Waals surface area (Å²) in [6, 6.07) is 1.55. The molecule has 13 amide bonds. The third-order valence-electron chi connectivity index (χ3n) is 17.0. The number of aromatic nitrogens is 3. The van der Waals surface area contributed by atoms with Crippen LogP contribution < -0.4 is 75.7 Å². The first-order valence-corrected chi connectivity index (χ1v) is 34.7. The zero-order valence-corrected chi connectivity index (χ0v) is 60.4. The van der Waals surface area contributed by atoms with Gasteiger partial charge in [-0.1, -0.05) is 88.4 Å². The summed E-state index contributed by atoms with van der Waals surface area (Å²) in [6.45, 7) is 9.70. The van der Waals surface area contributed by atoms with Gasteiger partial charge in [0.05, 0.1) is 31.2 Å². The number of benzene rings is 3. The number of carboxylic acid groups (broad SMARTS) is 1. The smallest absolute Gasteiger partial charge is 0.303 e. The largest absolute Gasteiger partial charge is 0.508 e. The van der Waals surface area contributed by atoms with Crippen LogP contribution in [0.25, 0.3) is 10.9 Å². The Morgan fingerprint density at radius 3 is 1.40 bits per heavy atom. The lowest BCUT2D eigenvalue weighted by atomic mass is 10.0. The van der Waals surface area contributed by atoms with Crippen molar-refractivity contribution in [2.45, 2.75) is 197 Å². The number of nitrogens with one attached hydrogen (secondary N) is 13. The Morgan fingerprint density at radius 2 is 0.897 bits per heavy atom. The number of phenols is 1. The molecule has 0 spiro atoms. The number of H-pyrrole nitrogens is 2. The van der Waals surface area contributed by atoms with E-state index in [0.29, 0.717) is 27.6 Å². The number of fused-ring (bicyclic) bond motifs is 1. The summed E-state index contributed by atoms with van der Waals surface area (Å²) in [5.74, 6) is -15.2. The van der Waals surface area contributed by atoms with Crippen molar-refractivity contribution in [1.29, 1.82) is 0 Å². The lowest BCUT2D eigenvalue weighted by Gasteiger charge is -2.28. The maximum Gasteiger partial charge on any atom is 0.303 e. The van der Waals surface area contributed by atoms with Crippen LogP contribution in [0.1, 0.15) is 109 Å². The summed E-state index contributed by atoms with van der Waals surface area (Å²) in [4.78, 5) is 203. The normalized spacial score (nSPS) is 15.2. The third-order valence-corrected chi connectivity index (χ3v) is 17.0. The van der Waals surface area contributed by atoms with E-state index in [-0.39, 0.29) is 55.4 Å². The third kappa shape index (κ3) is 28.2. The van der Waals surface area contributed by atoms with Gasteiger partial charge in [0.15, 0.2) is 0 Å². The molecule has 0 aliphatic rings. The molecule has 3 aromatic carbocycles. The number of para-hydroxylation sites is 1. The van der Waals surface area contributed by atoms with E-state index in [1.165, 1.54) is 50.6 Å². The number of aliphatic hydroxyl groups is 3. The number of amides is 13. The minimum Gasteiger partial charge on any atom is -0.508 e. The molecule has 36 nitrogen and oxygen atoms in total. The van der Waals surface area contributed by atoms with Gasteiger partial charge in [0, 0.05) is 67.5 Å². The Balaban J connectivity index is 1.46. The second kappa shape index (κ2) is 41.9. The van der Waals surface area contributed by atoms with Crippen molar-refractivity contribution in [1.82, 2.24) is 73.4 Å². The topological polar surface area (TPSA) is 595 Å². The summed E-state index contributed by atoms with van der Waals surface area (Å²) >= 11 is 0. The van der Waals surface area contributed by atoms with E-state index in [4.69, 9.17) is 17.2 Å². The van der Waals surface area contributed by atoms with Gasteiger partial charge in [0.1, 0.15) is 72.2 Å². The minimum atomic E-state index is -1.77. The van der Waals surface area contributed by atoms with Crippen LogP contribution in [-0.2, 0) is 92.8 Å². The van der Waals surface area contributed by atoms with E-state index in [2.05, 4.69) is 73.4 Å². The van der Waals surface area contributed by atoms with Crippen LogP contribution in [0, 0.1) is 11.8 Å². The van der Waals surface area contributed by atoms with E-state index >= 15 is 9.59 Å². The Labute approximate surface area is 616 Å². The summed E-state index contributed by atoms with van der Waals surface area (Å²) < 4.78 is 0. The summed E-state index contributed by atoms with van der Waals surface area (Å²) in [7, 11) is 0. The number of carbonyl (C=O) groups is 14. The monoisotopic (exact) mass is 1490 g/mol.